The minimum Gasteiger partial charge on any atom is -0.465 e. The van der Waals surface area contributed by atoms with Crippen molar-refractivity contribution in [3.05, 3.63) is 53.4 Å². The van der Waals surface area contributed by atoms with Gasteiger partial charge in [0, 0.05) is 13.3 Å². The molecule has 0 saturated carbocycles. The van der Waals surface area contributed by atoms with Gasteiger partial charge in [-0.15, -0.1) is 0 Å². The van der Waals surface area contributed by atoms with Gasteiger partial charge in [-0.05, 0) is 37.1 Å². The molecule has 0 fully saturated rings. The first-order chi connectivity index (χ1) is 11.7. The molecule has 0 N–H and O–H groups in total. The maximum absolute atomic E-state index is 12.8. The summed E-state index contributed by atoms with van der Waals surface area (Å²) in [5.74, 6) is -0.165. The van der Waals surface area contributed by atoms with Gasteiger partial charge in [-0.1, -0.05) is 18.2 Å². The van der Waals surface area contributed by atoms with E-state index in [1.807, 2.05) is 24.3 Å². The van der Waals surface area contributed by atoms with Gasteiger partial charge in [0.1, 0.15) is 5.82 Å². The number of methoxy groups -OCH3 is 1. The molecule has 0 aliphatic heterocycles. The van der Waals surface area contributed by atoms with E-state index >= 15 is 0 Å². The van der Waals surface area contributed by atoms with E-state index in [1.165, 1.54) is 19.4 Å². The van der Waals surface area contributed by atoms with Crippen LogP contribution < -0.4 is 0 Å². The lowest BCUT2D eigenvalue weighted by Gasteiger charge is -2.31. The maximum Gasteiger partial charge on any atom is 0.337 e. The number of imidazole rings is 1. The van der Waals surface area contributed by atoms with Gasteiger partial charge in [0.05, 0.1) is 23.7 Å². The third kappa shape index (κ3) is 2.59. The number of hydrogen-bond donors (Lipinski definition) is 0. The van der Waals surface area contributed by atoms with E-state index in [-0.39, 0.29) is 12.0 Å². The third-order valence-corrected chi connectivity index (χ3v) is 6.54. The Hall–Kier alpha value is -2.41. The Labute approximate surface area is 146 Å². The number of sulfone groups is 1. The minimum absolute atomic E-state index is 0.218. The molecule has 7 heteroatoms. The lowest BCUT2D eigenvalue weighted by molar-refractivity contribution is -0.135. The molecule has 1 atom stereocenters. The highest BCUT2D eigenvalue weighted by Crippen LogP contribution is 2.41. The molecule has 0 bridgehead atoms. The van der Waals surface area contributed by atoms with Crippen LogP contribution in [0.5, 0.6) is 0 Å². The first-order valence-corrected chi connectivity index (χ1v) is 9.70. The van der Waals surface area contributed by atoms with Gasteiger partial charge >= 0.3 is 5.97 Å². The van der Waals surface area contributed by atoms with Crippen LogP contribution in [0.15, 0.2) is 47.6 Å². The molecule has 25 heavy (non-hydrogen) atoms. The molecule has 132 valence electrons. The maximum atomic E-state index is 12.8. The average Bonchev–Trinajstić information content (AvgIpc) is 2.91. The van der Waals surface area contributed by atoms with Crippen LogP contribution in [0.4, 0.5) is 0 Å². The number of hydrogen-bond acceptors (Lipinski definition) is 5. The van der Waals surface area contributed by atoms with Crippen LogP contribution in [0.2, 0.25) is 0 Å². The van der Waals surface area contributed by atoms with Gasteiger partial charge in [0.25, 0.3) is 0 Å². The van der Waals surface area contributed by atoms with Crippen LogP contribution >= 0.6 is 0 Å². The van der Waals surface area contributed by atoms with Crippen molar-refractivity contribution in [2.45, 2.75) is 18.1 Å². The molecule has 0 saturated heterocycles. The highest BCUT2D eigenvalue weighted by Gasteiger charge is 2.46. The lowest BCUT2D eigenvalue weighted by atomic mass is 9.89. The molecular formula is C18H20N2O4S. The largest absolute Gasteiger partial charge is 0.465 e. The van der Waals surface area contributed by atoms with Crippen molar-refractivity contribution in [3.8, 4) is 0 Å². The fourth-order valence-electron chi connectivity index (χ4n) is 3.25. The lowest BCUT2D eigenvalue weighted by Crippen LogP contribution is -2.38. The summed E-state index contributed by atoms with van der Waals surface area (Å²) in [6, 6.07) is 7.45. The molecular weight excluding hydrogens is 340 g/mol. The Kier molecular flexibility index (Phi) is 4.07. The van der Waals surface area contributed by atoms with Gasteiger partial charge in [-0.3, -0.25) is 0 Å². The second-order valence-electron chi connectivity index (χ2n) is 6.29. The number of rotatable bonds is 3. The van der Waals surface area contributed by atoms with Gasteiger partial charge in [-0.25, -0.2) is 18.2 Å². The SMILES string of the molecule is COC(=O)C1=CC(c2nc3ccccc3n2C)(S(C)(=O)=O)CC=C1C. The summed E-state index contributed by atoms with van der Waals surface area (Å²) in [4.78, 5) is 16.7. The summed E-state index contributed by atoms with van der Waals surface area (Å²) in [5, 5.41) is 0. The van der Waals surface area contributed by atoms with Crippen LogP contribution in [0.1, 0.15) is 19.2 Å². The number of nitrogens with zero attached hydrogens (tertiary/aromatic N) is 2. The fourth-order valence-corrected chi connectivity index (χ4v) is 4.49. The zero-order valence-corrected chi connectivity index (χ0v) is 15.4. The van der Waals surface area contributed by atoms with E-state index in [1.54, 1.807) is 24.6 Å². The van der Waals surface area contributed by atoms with Crippen molar-refractivity contribution >= 4 is 26.8 Å². The zero-order chi connectivity index (χ0) is 18.4. The topological polar surface area (TPSA) is 78.3 Å². The van der Waals surface area contributed by atoms with Crippen LogP contribution in [0.25, 0.3) is 11.0 Å². The fraction of sp³-hybridized carbons (Fsp3) is 0.333. The molecule has 1 unspecified atom stereocenters. The highest BCUT2D eigenvalue weighted by molar-refractivity contribution is 7.91. The van der Waals surface area contributed by atoms with Crippen molar-refractivity contribution in [3.63, 3.8) is 0 Å². The summed E-state index contributed by atoms with van der Waals surface area (Å²) >= 11 is 0. The average molecular weight is 360 g/mol. The van der Waals surface area contributed by atoms with E-state index in [9.17, 15) is 13.2 Å². The molecule has 2 aromatic rings. The molecule has 1 aromatic carbocycles. The molecule has 1 aliphatic carbocycles. The van der Waals surface area contributed by atoms with Crippen molar-refractivity contribution in [2.24, 2.45) is 7.05 Å². The number of ether oxygens (including phenoxy) is 1. The second-order valence-corrected chi connectivity index (χ2v) is 8.56. The number of carbonyl (C=O) groups is 1. The van der Waals surface area contributed by atoms with Gasteiger partial charge in [0.15, 0.2) is 14.6 Å². The zero-order valence-electron chi connectivity index (χ0n) is 14.6. The molecule has 3 rings (SSSR count). The first kappa shape index (κ1) is 17.4. The van der Waals surface area contributed by atoms with E-state index in [4.69, 9.17) is 4.74 Å². The van der Waals surface area contributed by atoms with Crippen molar-refractivity contribution in [2.75, 3.05) is 13.4 Å². The number of aromatic nitrogens is 2. The predicted octanol–water partition coefficient (Wildman–Crippen LogP) is 2.26. The van der Waals surface area contributed by atoms with Crippen molar-refractivity contribution in [1.82, 2.24) is 9.55 Å². The molecule has 0 spiro atoms. The molecule has 1 heterocycles. The molecule has 1 aliphatic rings. The second kappa shape index (κ2) is 5.84. The number of allylic oxidation sites excluding steroid dienone is 1. The van der Waals surface area contributed by atoms with Crippen LogP contribution in [0, 0.1) is 0 Å². The number of benzene rings is 1. The molecule has 0 amide bonds. The van der Waals surface area contributed by atoms with E-state index < -0.39 is 20.6 Å². The van der Waals surface area contributed by atoms with Crippen molar-refractivity contribution in [1.29, 1.82) is 0 Å². The van der Waals surface area contributed by atoms with Crippen molar-refractivity contribution < 1.29 is 17.9 Å². The molecule has 1 aromatic heterocycles. The number of aryl methyl sites for hydroxylation is 1. The monoisotopic (exact) mass is 360 g/mol. The Morgan fingerprint density at radius 1 is 1.32 bits per heavy atom. The summed E-state index contributed by atoms with van der Waals surface area (Å²) in [7, 11) is -0.555. The molecule has 6 nitrogen and oxygen atoms in total. The predicted molar refractivity (Wildman–Crippen MR) is 95.7 cm³/mol. The van der Waals surface area contributed by atoms with E-state index in [0.29, 0.717) is 16.9 Å². The normalized spacial score (nSPS) is 21.0. The number of para-hydroxylation sites is 2. The standard InChI is InChI=1S/C18H20N2O4S/c1-12-9-10-18(25(4,22)23,11-13(12)16(21)24-3)17-19-14-7-5-6-8-15(14)20(17)2/h5-9,11H,10H2,1-4H3. The summed E-state index contributed by atoms with van der Waals surface area (Å²) < 4.78 is 30.8. The number of fused-ring (bicyclic) bond motifs is 1. The third-order valence-electron chi connectivity index (χ3n) is 4.75. The van der Waals surface area contributed by atoms with Gasteiger partial charge < -0.3 is 9.30 Å². The Morgan fingerprint density at radius 3 is 2.60 bits per heavy atom. The van der Waals surface area contributed by atoms with Gasteiger partial charge in [-0.2, -0.15) is 0 Å². The highest BCUT2D eigenvalue weighted by atomic mass is 32.2. The van der Waals surface area contributed by atoms with E-state index in [0.717, 1.165) is 5.52 Å². The quantitative estimate of drug-likeness (QED) is 0.785. The number of esters is 1. The minimum atomic E-state index is -3.62. The van der Waals surface area contributed by atoms with Crippen LogP contribution in [-0.2, 0) is 31.2 Å². The summed E-state index contributed by atoms with van der Waals surface area (Å²) in [5.41, 5.74) is 2.50. The Bertz CT molecular complexity index is 1030. The van der Waals surface area contributed by atoms with Crippen LogP contribution in [0.3, 0.4) is 0 Å². The van der Waals surface area contributed by atoms with E-state index in [2.05, 4.69) is 4.98 Å². The van der Waals surface area contributed by atoms with Gasteiger partial charge in [0.2, 0.25) is 0 Å². The Morgan fingerprint density at radius 2 is 2.00 bits per heavy atom. The summed E-state index contributed by atoms with van der Waals surface area (Å²) in [6.07, 6.45) is 4.64. The number of carbonyl (C=O) groups excluding carboxylic acids is 1. The Balaban J connectivity index is 2.34. The molecule has 0 radical (unpaired) electrons. The summed E-state index contributed by atoms with van der Waals surface area (Å²) in [6.45, 7) is 1.77. The smallest absolute Gasteiger partial charge is 0.337 e. The first-order valence-electron chi connectivity index (χ1n) is 7.81. The van der Waals surface area contributed by atoms with Crippen LogP contribution in [-0.4, -0.2) is 37.3 Å².